The molecule has 1 fully saturated rings. The van der Waals surface area contributed by atoms with E-state index in [-0.39, 0.29) is 23.1 Å². The van der Waals surface area contributed by atoms with E-state index in [1.54, 1.807) is 0 Å². The Kier molecular flexibility index (Phi) is 4.73. The minimum absolute atomic E-state index is 0.156. The molecule has 2 rings (SSSR count). The summed E-state index contributed by atoms with van der Waals surface area (Å²) in [6.07, 6.45) is 2.63. The van der Waals surface area contributed by atoms with Crippen LogP contribution in [0.3, 0.4) is 0 Å². The summed E-state index contributed by atoms with van der Waals surface area (Å²) in [5, 5.41) is 8.60. The number of carbonyl (C=O) groups excluding carboxylic acids is 1. The number of aromatic nitrogens is 2. The van der Waals surface area contributed by atoms with Crippen molar-refractivity contribution < 1.29 is 13.2 Å². The molecule has 116 valence electrons. The van der Waals surface area contributed by atoms with Crippen LogP contribution >= 0.6 is 0 Å². The number of piperidine rings is 1. The van der Waals surface area contributed by atoms with Gasteiger partial charge in [0.2, 0.25) is 10.0 Å². The molecule has 1 saturated heterocycles. The molecule has 1 aliphatic rings. The second kappa shape index (κ2) is 6.35. The van der Waals surface area contributed by atoms with Crippen LogP contribution in [-0.2, 0) is 10.0 Å². The van der Waals surface area contributed by atoms with Gasteiger partial charge in [-0.05, 0) is 24.8 Å². The first-order valence-electron chi connectivity index (χ1n) is 6.65. The molecule has 0 radical (unpaired) electrons. The number of nitrogens with zero attached hydrogens (tertiary/aromatic N) is 2. The first kappa shape index (κ1) is 15.6. The van der Waals surface area contributed by atoms with Gasteiger partial charge in [0.15, 0.2) is 0 Å². The highest BCUT2D eigenvalue weighted by Crippen LogP contribution is 2.18. The quantitative estimate of drug-likeness (QED) is 0.753. The van der Waals surface area contributed by atoms with Gasteiger partial charge in [0.1, 0.15) is 5.69 Å². The summed E-state index contributed by atoms with van der Waals surface area (Å²) in [5.41, 5.74) is -0.206. The molecule has 0 aliphatic carbocycles. The highest BCUT2D eigenvalue weighted by atomic mass is 32.2. The maximum Gasteiger partial charge on any atom is 0.271 e. The predicted molar refractivity (Wildman–Crippen MR) is 76.3 cm³/mol. The van der Waals surface area contributed by atoms with Crippen molar-refractivity contribution in [3.63, 3.8) is 0 Å². The van der Waals surface area contributed by atoms with Crippen molar-refractivity contribution in [3.8, 4) is 0 Å². The van der Waals surface area contributed by atoms with E-state index < -0.39 is 10.0 Å². The lowest BCUT2D eigenvalue weighted by Gasteiger charge is -2.30. The van der Waals surface area contributed by atoms with E-state index >= 15 is 0 Å². The third-order valence-corrected chi connectivity index (χ3v) is 4.81. The number of sulfonamides is 1. The van der Waals surface area contributed by atoms with Crippen LogP contribution in [0.2, 0.25) is 0 Å². The van der Waals surface area contributed by atoms with Crippen molar-refractivity contribution in [1.82, 2.24) is 19.8 Å². The van der Waals surface area contributed by atoms with Gasteiger partial charge in [-0.25, -0.2) is 17.8 Å². The zero-order valence-electron chi connectivity index (χ0n) is 11.7. The SMILES string of the molecule is CS(=O)(=O)N1CCC(CNC(=O)c2ccc(=O)[nH]n2)CC1. The fourth-order valence-corrected chi connectivity index (χ4v) is 3.12. The average molecular weight is 314 g/mol. The zero-order valence-corrected chi connectivity index (χ0v) is 12.5. The van der Waals surface area contributed by atoms with Crippen LogP contribution in [-0.4, -0.2) is 54.7 Å². The molecule has 0 saturated carbocycles. The Morgan fingerprint density at radius 2 is 2.10 bits per heavy atom. The number of amides is 1. The maximum absolute atomic E-state index is 11.8. The minimum atomic E-state index is -3.13. The molecule has 1 aromatic heterocycles. The van der Waals surface area contributed by atoms with Gasteiger partial charge in [-0.3, -0.25) is 9.59 Å². The number of hydrogen-bond acceptors (Lipinski definition) is 5. The highest BCUT2D eigenvalue weighted by molar-refractivity contribution is 7.88. The molecule has 0 aromatic carbocycles. The zero-order chi connectivity index (χ0) is 15.5. The van der Waals surface area contributed by atoms with Gasteiger partial charge < -0.3 is 5.32 Å². The molecule has 0 bridgehead atoms. The number of nitrogens with one attached hydrogen (secondary N) is 2. The lowest BCUT2D eigenvalue weighted by Crippen LogP contribution is -2.41. The van der Waals surface area contributed by atoms with Crippen molar-refractivity contribution in [3.05, 3.63) is 28.2 Å². The van der Waals surface area contributed by atoms with E-state index in [1.807, 2.05) is 0 Å². The Labute approximate surface area is 122 Å². The fourth-order valence-electron chi connectivity index (χ4n) is 2.24. The van der Waals surface area contributed by atoms with Gasteiger partial charge in [-0.15, -0.1) is 0 Å². The number of H-pyrrole nitrogens is 1. The smallest absolute Gasteiger partial charge is 0.271 e. The van der Waals surface area contributed by atoms with E-state index in [0.29, 0.717) is 32.5 Å². The molecular formula is C12H18N4O4S. The summed E-state index contributed by atoms with van der Waals surface area (Å²) < 4.78 is 24.2. The first-order chi connectivity index (χ1) is 9.86. The molecule has 8 nitrogen and oxygen atoms in total. The third kappa shape index (κ3) is 4.36. The molecule has 1 amide bonds. The largest absolute Gasteiger partial charge is 0.350 e. The lowest BCUT2D eigenvalue weighted by molar-refractivity contribution is 0.0935. The van der Waals surface area contributed by atoms with Crippen LogP contribution in [0, 0.1) is 5.92 Å². The first-order valence-corrected chi connectivity index (χ1v) is 8.50. The van der Waals surface area contributed by atoms with Gasteiger partial charge in [-0.1, -0.05) is 0 Å². The Balaban J connectivity index is 1.81. The van der Waals surface area contributed by atoms with Gasteiger partial charge >= 0.3 is 0 Å². The molecule has 0 unspecified atom stereocenters. The van der Waals surface area contributed by atoms with E-state index in [4.69, 9.17) is 0 Å². The van der Waals surface area contributed by atoms with Crippen molar-refractivity contribution in [2.75, 3.05) is 25.9 Å². The monoisotopic (exact) mass is 314 g/mol. The number of hydrogen-bond donors (Lipinski definition) is 2. The fraction of sp³-hybridized carbons (Fsp3) is 0.583. The van der Waals surface area contributed by atoms with Gasteiger partial charge in [-0.2, -0.15) is 5.10 Å². The van der Waals surface area contributed by atoms with Gasteiger partial charge in [0, 0.05) is 25.7 Å². The van der Waals surface area contributed by atoms with Crippen LogP contribution < -0.4 is 10.9 Å². The van der Waals surface area contributed by atoms with E-state index in [9.17, 15) is 18.0 Å². The Bertz CT molecular complexity index is 642. The number of rotatable bonds is 4. The normalized spacial score (nSPS) is 17.6. The molecule has 0 atom stereocenters. The topological polar surface area (TPSA) is 112 Å². The molecule has 1 aromatic rings. The summed E-state index contributed by atoms with van der Waals surface area (Å²) in [5.74, 6) is -0.105. The standard InChI is InChI=1S/C12H18N4O4S/c1-21(19,20)16-6-4-9(5-7-16)8-13-12(18)10-2-3-11(17)15-14-10/h2-3,9H,4-8H2,1H3,(H,13,18)(H,15,17). The van der Waals surface area contributed by atoms with Crippen LogP contribution in [0.4, 0.5) is 0 Å². The van der Waals surface area contributed by atoms with E-state index in [2.05, 4.69) is 15.5 Å². The van der Waals surface area contributed by atoms with Crippen molar-refractivity contribution in [2.45, 2.75) is 12.8 Å². The van der Waals surface area contributed by atoms with Crippen molar-refractivity contribution >= 4 is 15.9 Å². The van der Waals surface area contributed by atoms with Gasteiger partial charge in [0.25, 0.3) is 11.5 Å². The summed E-state index contributed by atoms with van der Waals surface area (Å²) in [4.78, 5) is 22.7. The molecular weight excluding hydrogens is 296 g/mol. The predicted octanol–water partition coefficient (Wildman–Crippen LogP) is -0.829. The van der Waals surface area contributed by atoms with Crippen LogP contribution in [0.25, 0.3) is 0 Å². The maximum atomic E-state index is 11.8. The number of aromatic amines is 1. The molecule has 21 heavy (non-hydrogen) atoms. The molecule has 2 N–H and O–H groups in total. The molecule has 0 spiro atoms. The molecule has 1 aliphatic heterocycles. The highest BCUT2D eigenvalue weighted by Gasteiger charge is 2.25. The van der Waals surface area contributed by atoms with Gasteiger partial charge in [0.05, 0.1) is 6.26 Å². The second-order valence-electron chi connectivity index (χ2n) is 5.12. The molecule has 2 heterocycles. The molecule has 9 heteroatoms. The Morgan fingerprint density at radius 1 is 1.43 bits per heavy atom. The van der Waals surface area contributed by atoms with E-state index in [1.165, 1.54) is 22.7 Å². The van der Waals surface area contributed by atoms with Crippen LogP contribution in [0.15, 0.2) is 16.9 Å². The van der Waals surface area contributed by atoms with Crippen molar-refractivity contribution in [1.29, 1.82) is 0 Å². The summed E-state index contributed by atoms with van der Waals surface area (Å²) in [7, 11) is -3.13. The Morgan fingerprint density at radius 3 is 2.62 bits per heavy atom. The minimum Gasteiger partial charge on any atom is -0.350 e. The Hall–Kier alpha value is -1.74. The number of carbonyl (C=O) groups is 1. The summed E-state index contributed by atoms with van der Waals surface area (Å²) >= 11 is 0. The lowest BCUT2D eigenvalue weighted by atomic mass is 9.98. The second-order valence-corrected chi connectivity index (χ2v) is 7.10. The van der Waals surface area contributed by atoms with E-state index in [0.717, 1.165) is 0 Å². The summed E-state index contributed by atoms with van der Waals surface area (Å²) in [6, 6.07) is 2.60. The van der Waals surface area contributed by atoms with Crippen LogP contribution in [0.5, 0.6) is 0 Å². The summed E-state index contributed by atoms with van der Waals surface area (Å²) in [6.45, 7) is 1.43. The average Bonchev–Trinajstić information content (AvgIpc) is 2.45. The van der Waals surface area contributed by atoms with Crippen LogP contribution in [0.1, 0.15) is 23.3 Å². The van der Waals surface area contributed by atoms with Crippen molar-refractivity contribution in [2.24, 2.45) is 5.92 Å². The third-order valence-electron chi connectivity index (χ3n) is 3.51.